The molecule has 0 N–H and O–H groups in total. The Bertz CT molecular complexity index is 1460. The van der Waals surface area contributed by atoms with Gasteiger partial charge in [0.15, 0.2) is 0 Å². The molecule has 0 radical (unpaired) electrons. The molecule has 0 atom stereocenters. The molecule has 0 spiro atoms. The SMILES string of the molecule is O=C([O-])c1ccoc1Cn1nnc(-c2cccc(/C=C/c3ccc4ccccc4n3)c2)n1.[Na+]. The van der Waals surface area contributed by atoms with Crippen molar-refractivity contribution in [2.45, 2.75) is 6.54 Å². The van der Waals surface area contributed by atoms with Crippen molar-refractivity contribution in [1.82, 2.24) is 25.2 Å². The van der Waals surface area contributed by atoms with Crippen LogP contribution in [0.2, 0.25) is 0 Å². The first kappa shape index (κ1) is 22.6. The van der Waals surface area contributed by atoms with Crippen molar-refractivity contribution in [3.8, 4) is 11.4 Å². The van der Waals surface area contributed by atoms with Gasteiger partial charge in [0.05, 0.1) is 23.4 Å². The minimum absolute atomic E-state index is 0. The molecule has 0 aliphatic heterocycles. The van der Waals surface area contributed by atoms with E-state index in [2.05, 4.69) is 20.4 Å². The van der Waals surface area contributed by atoms with Gasteiger partial charge in [0, 0.05) is 16.5 Å². The Hall–Kier alpha value is -3.59. The minimum atomic E-state index is -1.31. The Balaban J connectivity index is 0.00000259. The van der Waals surface area contributed by atoms with Crippen LogP contribution in [0.25, 0.3) is 34.4 Å². The normalized spacial score (nSPS) is 11.0. The Morgan fingerprint density at radius 3 is 2.79 bits per heavy atom. The Morgan fingerprint density at radius 1 is 1.03 bits per heavy atom. The van der Waals surface area contributed by atoms with E-state index in [0.717, 1.165) is 27.7 Å². The molecule has 0 bridgehead atoms. The number of rotatable bonds is 6. The quantitative estimate of drug-likeness (QED) is 0.340. The number of furan rings is 1. The number of nitrogens with zero attached hydrogens (tertiary/aromatic N) is 5. The van der Waals surface area contributed by atoms with Crippen LogP contribution < -0.4 is 34.7 Å². The van der Waals surface area contributed by atoms with Gasteiger partial charge in [0.25, 0.3) is 0 Å². The number of tetrazole rings is 1. The molecule has 33 heavy (non-hydrogen) atoms. The molecule has 0 amide bonds. The molecular weight excluding hydrogens is 429 g/mol. The van der Waals surface area contributed by atoms with E-state index >= 15 is 0 Å². The fourth-order valence-electron chi connectivity index (χ4n) is 3.34. The van der Waals surface area contributed by atoms with Crippen LogP contribution >= 0.6 is 0 Å². The van der Waals surface area contributed by atoms with Gasteiger partial charge in [-0.25, -0.2) is 4.98 Å². The Morgan fingerprint density at radius 2 is 1.91 bits per heavy atom. The molecule has 0 unspecified atom stereocenters. The fraction of sp³-hybridized carbons (Fsp3) is 0.0417. The van der Waals surface area contributed by atoms with E-state index in [9.17, 15) is 9.90 Å². The number of carbonyl (C=O) groups is 1. The van der Waals surface area contributed by atoms with Crippen LogP contribution in [0, 0.1) is 0 Å². The molecule has 3 aromatic heterocycles. The summed E-state index contributed by atoms with van der Waals surface area (Å²) in [5, 5.41) is 24.6. The summed E-state index contributed by atoms with van der Waals surface area (Å²) in [7, 11) is 0. The first-order chi connectivity index (χ1) is 15.7. The monoisotopic (exact) mass is 445 g/mol. The van der Waals surface area contributed by atoms with Gasteiger partial charge < -0.3 is 14.3 Å². The maximum atomic E-state index is 11.1. The predicted molar refractivity (Wildman–Crippen MR) is 116 cm³/mol. The second-order valence-corrected chi connectivity index (χ2v) is 7.08. The van der Waals surface area contributed by atoms with Gasteiger partial charge in [-0.3, -0.25) is 0 Å². The Labute approximate surface area is 210 Å². The van der Waals surface area contributed by atoms with E-state index in [0.29, 0.717) is 5.82 Å². The molecule has 8 nitrogen and oxygen atoms in total. The summed E-state index contributed by atoms with van der Waals surface area (Å²) in [6.07, 6.45) is 5.22. The molecular formula is C24H16N5NaO3. The number of aromatic carboxylic acids is 1. The average Bonchev–Trinajstić information content (AvgIpc) is 3.48. The fourth-order valence-corrected chi connectivity index (χ4v) is 3.34. The van der Waals surface area contributed by atoms with Crippen molar-refractivity contribution < 1.29 is 43.9 Å². The molecule has 2 aromatic carbocycles. The third-order valence-electron chi connectivity index (χ3n) is 4.91. The summed E-state index contributed by atoms with van der Waals surface area (Å²) in [6, 6.07) is 21.0. The second-order valence-electron chi connectivity index (χ2n) is 7.08. The van der Waals surface area contributed by atoms with E-state index in [1.807, 2.05) is 72.8 Å². The summed E-state index contributed by atoms with van der Waals surface area (Å²) >= 11 is 0. The smallest absolute Gasteiger partial charge is 0.545 e. The van der Waals surface area contributed by atoms with E-state index < -0.39 is 5.97 Å². The summed E-state index contributed by atoms with van der Waals surface area (Å²) in [5.41, 5.74) is 3.52. The first-order valence-corrected chi connectivity index (χ1v) is 9.85. The summed E-state index contributed by atoms with van der Waals surface area (Å²) in [6.45, 7) is 0.0382. The molecule has 0 saturated carbocycles. The van der Waals surface area contributed by atoms with Crippen LogP contribution in [0.4, 0.5) is 0 Å². The largest absolute Gasteiger partial charge is 1.00 e. The third kappa shape index (κ3) is 5.09. The number of hydrogen-bond donors (Lipinski definition) is 0. The molecule has 9 heteroatoms. The number of carboxylic acids is 1. The number of carboxylic acid groups (broad SMARTS) is 1. The second kappa shape index (κ2) is 9.91. The third-order valence-corrected chi connectivity index (χ3v) is 4.91. The van der Waals surface area contributed by atoms with Crippen molar-refractivity contribution >= 4 is 29.0 Å². The van der Waals surface area contributed by atoms with Crippen LogP contribution in [0.15, 0.2) is 77.4 Å². The van der Waals surface area contributed by atoms with Crippen LogP contribution in [-0.4, -0.2) is 31.2 Å². The number of pyridine rings is 1. The molecule has 156 valence electrons. The maximum Gasteiger partial charge on any atom is 1.00 e. The van der Waals surface area contributed by atoms with Crippen molar-refractivity contribution in [2.24, 2.45) is 0 Å². The molecule has 3 heterocycles. The summed E-state index contributed by atoms with van der Waals surface area (Å²) in [5.74, 6) is -0.686. The van der Waals surface area contributed by atoms with Crippen LogP contribution in [0.5, 0.6) is 0 Å². The van der Waals surface area contributed by atoms with E-state index in [1.165, 1.54) is 17.1 Å². The first-order valence-electron chi connectivity index (χ1n) is 9.85. The Kier molecular flexibility index (Phi) is 6.79. The minimum Gasteiger partial charge on any atom is -0.545 e. The standard InChI is InChI=1S/C24H17N5O3.Na/c30-24(31)20-12-13-32-22(20)15-29-27-23(26-28-29)18-6-3-4-16(14-18)8-10-19-11-9-17-5-1-2-7-21(17)25-19;/h1-14H,15H2,(H,30,31);/q;+1/p-1/b10-8+;. The molecule has 0 aliphatic rings. The average molecular weight is 445 g/mol. The zero-order valence-corrected chi connectivity index (χ0v) is 19.8. The number of fused-ring (bicyclic) bond motifs is 1. The predicted octanol–water partition coefficient (Wildman–Crippen LogP) is 0.0675. The number of aromatic nitrogens is 5. The zero-order valence-electron chi connectivity index (χ0n) is 17.8. The van der Waals surface area contributed by atoms with Crippen molar-refractivity contribution in [1.29, 1.82) is 0 Å². The van der Waals surface area contributed by atoms with Gasteiger partial charge in [-0.2, -0.15) is 4.80 Å². The van der Waals surface area contributed by atoms with Gasteiger partial charge in [-0.15, -0.1) is 10.2 Å². The molecule has 5 aromatic rings. The van der Waals surface area contributed by atoms with Gasteiger partial charge in [-0.05, 0) is 41.1 Å². The molecule has 0 fully saturated rings. The summed E-state index contributed by atoms with van der Waals surface area (Å²) < 4.78 is 5.20. The zero-order chi connectivity index (χ0) is 21.9. The molecule has 0 aliphatic carbocycles. The van der Waals surface area contributed by atoms with Gasteiger partial charge in [0.1, 0.15) is 12.3 Å². The number of hydrogen-bond acceptors (Lipinski definition) is 7. The van der Waals surface area contributed by atoms with Crippen LogP contribution in [-0.2, 0) is 6.54 Å². The van der Waals surface area contributed by atoms with E-state index in [-0.39, 0.29) is 47.4 Å². The number of carbonyl (C=O) groups excluding carboxylic acids is 1. The maximum absolute atomic E-state index is 11.1. The van der Waals surface area contributed by atoms with Crippen LogP contribution in [0.3, 0.4) is 0 Å². The van der Waals surface area contributed by atoms with Gasteiger partial charge in [0.2, 0.25) is 5.82 Å². The van der Waals surface area contributed by atoms with E-state index in [4.69, 9.17) is 4.42 Å². The van der Waals surface area contributed by atoms with E-state index in [1.54, 1.807) is 0 Å². The van der Waals surface area contributed by atoms with Crippen LogP contribution in [0.1, 0.15) is 27.4 Å². The number of para-hydroxylation sites is 1. The molecule has 0 saturated heterocycles. The summed E-state index contributed by atoms with van der Waals surface area (Å²) in [4.78, 5) is 17.0. The number of benzene rings is 2. The van der Waals surface area contributed by atoms with Crippen molar-refractivity contribution in [3.63, 3.8) is 0 Å². The van der Waals surface area contributed by atoms with Gasteiger partial charge >= 0.3 is 29.6 Å². The molecule has 5 rings (SSSR count). The topological polar surface area (TPSA) is 110 Å². The van der Waals surface area contributed by atoms with Gasteiger partial charge in [-0.1, -0.05) is 48.5 Å². The van der Waals surface area contributed by atoms with Crippen molar-refractivity contribution in [3.05, 3.63) is 95.6 Å². The van der Waals surface area contributed by atoms with Crippen molar-refractivity contribution in [2.75, 3.05) is 0 Å².